The van der Waals surface area contributed by atoms with Crippen molar-refractivity contribution in [3.8, 4) is 11.5 Å². The number of ether oxygens (including phenoxy) is 2. The van der Waals surface area contributed by atoms with Gasteiger partial charge in [0.25, 0.3) is 0 Å². The van der Waals surface area contributed by atoms with E-state index in [9.17, 15) is 4.79 Å². The minimum absolute atomic E-state index is 0.0747. The molecule has 0 radical (unpaired) electrons. The molecule has 0 aromatic heterocycles. The quantitative estimate of drug-likeness (QED) is 0.835. The molecule has 3 heteroatoms. The number of benzene rings is 1. The minimum Gasteiger partial charge on any atom is -0.497 e. The Hall–Kier alpha value is -1.51. The van der Waals surface area contributed by atoms with Crippen LogP contribution in [-0.2, 0) is 10.2 Å². The van der Waals surface area contributed by atoms with E-state index in [1.54, 1.807) is 7.11 Å². The first-order valence-corrected chi connectivity index (χ1v) is 6.90. The standard InChI is InChI=1S/C17H26O3/c1-16(2,3)13-10-12(19-7)8-9-14(13)20-11-15(18)17(4,5)6/h8-10H,11H2,1-7H3. The molecule has 0 unspecified atom stereocenters. The number of carbonyl (C=O) groups is 1. The topological polar surface area (TPSA) is 35.5 Å². The summed E-state index contributed by atoms with van der Waals surface area (Å²) >= 11 is 0. The lowest BCUT2D eigenvalue weighted by Crippen LogP contribution is -2.27. The molecule has 20 heavy (non-hydrogen) atoms. The molecule has 3 nitrogen and oxygen atoms in total. The molecular formula is C17H26O3. The van der Waals surface area contributed by atoms with Crippen molar-refractivity contribution in [1.29, 1.82) is 0 Å². The second-order valence-corrected chi connectivity index (χ2v) is 7.07. The molecule has 0 spiro atoms. The van der Waals surface area contributed by atoms with Crippen LogP contribution in [0.3, 0.4) is 0 Å². The summed E-state index contributed by atoms with van der Waals surface area (Å²) in [7, 11) is 1.64. The molecule has 0 fully saturated rings. The van der Waals surface area contributed by atoms with Crippen LogP contribution in [0, 0.1) is 5.41 Å². The number of rotatable bonds is 4. The largest absolute Gasteiger partial charge is 0.497 e. The van der Waals surface area contributed by atoms with Crippen LogP contribution in [-0.4, -0.2) is 19.5 Å². The Balaban J connectivity index is 2.98. The van der Waals surface area contributed by atoms with E-state index in [4.69, 9.17) is 9.47 Å². The van der Waals surface area contributed by atoms with Gasteiger partial charge in [-0.1, -0.05) is 41.5 Å². The molecule has 0 amide bonds. The average Bonchev–Trinajstić information content (AvgIpc) is 2.33. The highest BCUT2D eigenvalue weighted by atomic mass is 16.5. The molecule has 0 aliphatic rings. The maximum absolute atomic E-state index is 12.0. The maximum atomic E-state index is 12.0. The van der Waals surface area contributed by atoms with Gasteiger partial charge >= 0.3 is 0 Å². The zero-order valence-electron chi connectivity index (χ0n) is 13.7. The molecule has 112 valence electrons. The van der Waals surface area contributed by atoms with Gasteiger partial charge in [-0.25, -0.2) is 0 Å². The molecule has 0 saturated carbocycles. The Morgan fingerprint density at radius 1 is 1.10 bits per heavy atom. The summed E-state index contributed by atoms with van der Waals surface area (Å²) in [6.45, 7) is 12.1. The third-order valence-corrected chi connectivity index (χ3v) is 3.19. The normalized spacial score (nSPS) is 12.2. The zero-order chi connectivity index (χ0) is 15.6. The SMILES string of the molecule is COc1ccc(OCC(=O)C(C)(C)C)c(C(C)(C)C)c1. The molecule has 1 aromatic carbocycles. The summed E-state index contributed by atoms with van der Waals surface area (Å²) in [5.41, 5.74) is 0.585. The van der Waals surface area contributed by atoms with Gasteiger partial charge in [0.1, 0.15) is 18.1 Å². The first-order chi connectivity index (χ1) is 9.05. The summed E-state index contributed by atoms with van der Waals surface area (Å²) in [6.07, 6.45) is 0. The van der Waals surface area contributed by atoms with Crippen molar-refractivity contribution in [2.75, 3.05) is 13.7 Å². The van der Waals surface area contributed by atoms with E-state index in [0.29, 0.717) is 0 Å². The fraction of sp³-hybridized carbons (Fsp3) is 0.588. The highest BCUT2D eigenvalue weighted by molar-refractivity contribution is 5.85. The highest BCUT2D eigenvalue weighted by Gasteiger charge is 2.24. The second-order valence-electron chi connectivity index (χ2n) is 7.07. The van der Waals surface area contributed by atoms with E-state index < -0.39 is 0 Å². The van der Waals surface area contributed by atoms with Crippen molar-refractivity contribution in [2.45, 2.75) is 47.0 Å². The minimum atomic E-state index is -0.381. The summed E-state index contributed by atoms with van der Waals surface area (Å²) in [4.78, 5) is 12.0. The highest BCUT2D eigenvalue weighted by Crippen LogP contribution is 2.34. The Morgan fingerprint density at radius 2 is 1.70 bits per heavy atom. The Bertz CT molecular complexity index is 476. The number of carbonyl (C=O) groups excluding carboxylic acids is 1. The monoisotopic (exact) mass is 278 g/mol. The first-order valence-electron chi connectivity index (χ1n) is 6.90. The van der Waals surface area contributed by atoms with Gasteiger partial charge in [-0.05, 0) is 23.6 Å². The molecule has 0 N–H and O–H groups in total. The lowest BCUT2D eigenvalue weighted by Gasteiger charge is -2.24. The second kappa shape index (κ2) is 5.86. The van der Waals surface area contributed by atoms with E-state index in [2.05, 4.69) is 20.8 Å². The molecule has 0 atom stereocenters. The lowest BCUT2D eigenvalue weighted by atomic mass is 9.86. The zero-order valence-corrected chi connectivity index (χ0v) is 13.7. The first kappa shape index (κ1) is 16.5. The van der Waals surface area contributed by atoms with E-state index in [1.165, 1.54) is 0 Å². The van der Waals surface area contributed by atoms with Crippen LogP contribution in [0.5, 0.6) is 11.5 Å². The van der Waals surface area contributed by atoms with Crippen LogP contribution in [0.2, 0.25) is 0 Å². The fourth-order valence-corrected chi connectivity index (χ4v) is 1.71. The van der Waals surface area contributed by atoms with Gasteiger partial charge in [0, 0.05) is 11.0 Å². The molecule has 0 aliphatic heterocycles. The van der Waals surface area contributed by atoms with E-state index >= 15 is 0 Å². The molecule has 0 heterocycles. The lowest BCUT2D eigenvalue weighted by molar-refractivity contribution is -0.128. The third kappa shape index (κ3) is 4.26. The van der Waals surface area contributed by atoms with Crippen molar-refractivity contribution in [2.24, 2.45) is 5.41 Å². The molecular weight excluding hydrogens is 252 g/mol. The summed E-state index contributed by atoms with van der Waals surface area (Å²) < 4.78 is 11.0. The number of methoxy groups -OCH3 is 1. The fourth-order valence-electron chi connectivity index (χ4n) is 1.71. The van der Waals surface area contributed by atoms with Crippen LogP contribution in [0.4, 0.5) is 0 Å². The Labute approximate surface area is 122 Å². The van der Waals surface area contributed by atoms with E-state index in [-0.39, 0.29) is 23.2 Å². The molecule has 0 aliphatic carbocycles. The van der Waals surface area contributed by atoms with Crippen molar-refractivity contribution < 1.29 is 14.3 Å². The van der Waals surface area contributed by atoms with E-state index in [1.807, 2.05) is 39.0 Å². The van der Waals surface area contributed by atoms with Crippen molar-refractivity contribution in [3.63, 3.8) is 0 Å². The Kier molecular flexibility index (Phi) is 4.85. The van der Waals surface area contributed by atoms with Crippen molar-refractivity contribution in [1.82, 2.24) is 0 Å². The number of Topliss-reactive ketones (excluding diaryl/α,β-unsaturated/α-hetero) is 1. The summed E-state index contributed by atoms with van der Waals surface area (Å²) in [5.74, 6) is 1.63. The van der Waals surface area contributed by atoms with Gasteiger partial charge in [-0.3, -0.25) is 4.79 Å². The van der Waals surface area contributed by atoms with Gasteiger partial charge in [0.15, 0.2) is 5.78 Å². The van der Waals surface area contributed by atoms with Crippen LogP contribution < -0.4 is 9.47 Å². The molecule has 1 rings (SSSR count). The van der Waals surface area contributed by atoms with Crippen molar-refractivity contribution in [3.05, 3.63) is 23.8 Å². The average molecular weight is 278 g/mol. The Morgan fingerprint density at radius 3 is 2.15 bits per heavy atom. The van der Waals surface area contributed by atoms with Gasteiger partial charge in [-0.15, -0.1) is 0 Å². The van der Waals surface area contributed by atoms with E-state index in [0.717, 1.165) is 17.1 Å². The summed E-state index contributed by atoms with van der Waals surface area (Å²) in [5, 5.41) is 0. The van der Waals surface area contributed by atoms with Crippen LogP contribution in [0.25, 0.3) is 0 Å². The van der Waals surface area contributed by atoms with Crippen molar-refractivity contribution >= 4 is 5.78 Å². The van der Waals surface area contributed by atoms with Crippen LogP contribution in [0.1, 0.15) is 47.1 Å². The number of hydrogen-bond donors (Lipinski definition) is 0. The van der Waals surface area contributed by atoms with Gasteiger partial charge in [0.05, 0.1) is 7.11 Å². The number of hydrogen-bond acceptors (Lipinski definition) is 3. The van der Waals surface area contributed by atoms with Gasteiger partial charge in [-0.2, -0.15) is 0 Å². The summed E-state index contributed by atoms with van der Waals surface area (Å²) in [6, 6.07) is 5.69. The smallest absolute Gasteiger partial charge is 0.175 e. The molecule has 0 saturated heterocycles. The predicted octanol–water partition coefficient (Wildman–Crippen LogP) is 3.99. The molecule has 1 aromatic rings. The van der Waals surface area contributed by atoms with Crippen LogP contribution >= 0.6 is 0 Å². The predicted molar refractivity (Wildman–Crippen MR) is 81.7 cm³/mol. The maximum Gasteiger partial charge on any atom is 0.175 e. The van der Waals surface area contributed by atoms with Gasteiger partial charge in [0.2, 0.25) is 0 Å². The van der Waals surface area contributed by atoms with Gasteiger partial charge < -0.3 is 9.47 Å². The molecule has 0 bridgehead atoms. The number of ketones is 1. The van der Waals surface area contributed by atoms with Crippen LogP contribution in [0.15, 0.2) is 18.2 Å². The third-order valence-electron chi connectivity index (χ3n) is 3.19.